The molecule has 1 aromatic heterocycles. The van der Waals surface area contributed by atoms with Gasteiger partial charge in [-0.05, 0) is 23.8 Å². The first-order valence-corrected chi connectivity index (χ1v) is 9.50. The number of rotatable bonds is 5. The zero-order valence-electron chi connectivity index (χ0n) is 16.2. The van der Waals surface area contributed by atoms with E-state index in [0.29, 0.717) is 31.0 Å². The van der Waals surface area contributed by atoms with Gasteiger partial charge in [-0.1, -0.05) is 35.5 Å². The van der Waals surface area contributed by atoms with Crippen LogP contribution in [0.5, 0.6) is 0 Å². The van der Waals surface area contributed by atoms with Crippen molar-refractivity contribution in [3.8, 4) is 11.3 Å². The smallest absolute Gasteiger partial charge is 0.292 e. The number of halogens is 1. The van der Waals surface area contributed by atoms with E-state index in [-0.39, 0.29) is 17.5 Å². The summed E-state index contributed by atoms with van der Waals surface area (Å²) in [5.74, 6) is -0.525. The number of morpholine rings is 1. The molecule has 3 aromatic rings. The Labute approximate surface area is 168 Å². The van der Waals surface area contributed by atoms with Crippen molar-refractivity contribution in [2.45, 2.75) is 6.54 Å². The Balaban J connectivity index is 1.50. The summed E-state index contributed by atoms with van der Waals surface area (Å²) in [4.78, 5) is 16.7. The molecule has 7 heteroatoms. The third-order valence-electron chi connectivity index (χ3n) is 4.94. The van der Waals surface area contributed by atoms with E-state index in [1.165, 1.54) is 12.1 Å². The van der Waals surface area contributed by atoms with Gasteiger partial charge in [0.1, 0.15) is 11.5 Å². The molecule has 1 aliphatic rings. The number of para-hydroxylation sites is 1. The summed E-state index contributed by atoms with van der Waals surface area (Å²) < 4.78 is 24.1. The Hall–Kier alpha value is -3.19. The van der Waals surface area contributed by atoms with E-state index in [0.717, 1.165) is 24.3 Å². The van der Waals surface area contributed by atoms with Crippen LogP contribution in [0, 0.1) is 5.82 Å². The number of aromatic nitrogens is 1. The van der Waals surface area contributed by atoms with Crippen molar-refractivity contribution in [2.24, 2.45) is 0 Å². The molecule has 4 rings (SSSR count). The van der Waals surface area contributed by atoms with Gasteiger partial charge < -0.3 is 19.1 Å². The van der Waals surface area contributed by atoms with Gasteiger partial charge >= 0.3 is 0 Å². The first kappa shape index (κ1) is 19.1. The van der Waals surface area contributed by atoms with Gasteiger partial charge in [-0.15, -0.1) is 0 Å². The van der Waals surface area contributed by atoms with E-state index < -0.39 is 0 Å². The molecule has 1 fully saturated rings. The van der Waals surface area contributed by atoms with E-state index in [4.69, 9.17) is 9.26 Å². The Bertz CT molecular complexity index is 998. The van der Waals surface area contributed by atoms with Gasteiger partial charge in [0.05, 0.1) is 13.2 Å². The van der Waals surface area contributed by atoms with Crippen molar-refractivity contribution in [2.75, 3.05) is 38.3 Å². The lowest BCUT2D eigenvalue weighted by molar-refractivity contribution is 0.0743. The molecule has 0 radical (unpaired) electrons. The molecule has 1 aliphatic heterocycles. The number of nitrogens with zero attached hydrogens (tertiary/aromatic N) is 3. The summed E-state index contributed by atoms with van der Waals surface area (Å²) in [7, 11) is 1.73. The van der Waals surface area contributed by atoms with Crippen LogP contribution in [0.2, 0.25) is 0 Å². The van der Waals surface area contributed by atoms with Crippen molar-refractivity contribution < 1.29 is 18.4 Å². The molecule has 0 unspecified atom stereocenters. The molecule has 0 bridgehead atoms. The predicted octanol–water partition coefficient (Wildman–Crippen LogP) is 3.59. The van der Waals surface area contributed by atoms with Gasteiger partial charge in [0.15, 0.2) is 0 Å². The average molecular weight is 395 g/mol. The topological polar surface area (TPSA) is 58.8 Å². The molecule has 0 spiro atoms. The fraction of sp³-hybridized carbons (Fsp3) is 0.273. The van der Waals surface area contributed by atoms with E-state index in [1.54, 1.807) is 30.1 Å². The summed E-state index contributed by atoms with van der Waals surface area (Å²) >= 11 is 0. The van der Waals surface area contributed by atoms with Crippen LogP contribution in [0.4, 0.5) is 10.1 Å². The molecule has 150 valence electrons. The summed E-state index contributed by atoms with van der Waals surface area (Å²) in [6, 6.07) is 15.6. The van der Waals surface area contributed by atoms with Gasteiger partial charge in [-0.25, -0.2) is 4.39 Å². The van der Waals surface area contributed by atoms with Crippen LogP contribution in [0.15, 0.2) is 59.1 Å². The molecule has 0 atom stereocenters. The predicted molar refractivity (Wildman–Crippen MR) is 107 cm³/mol. The van der Waals surface area contributed by atoms with E-state index in [9.17, 15) is 9.18 Å². The molecular weight excluding hydrogens is 373 g/mol. The normalized spacial score (nSPS) is 14.1. The summed E-state index contributed by atoms with van der Waals surface area (Å²) in [5, 5.41) is 3.92. The molecular formula is C22H22FN3O3. The fourth-order valence-corrected chi connectivity index (χ4v) is 3.43. The number of carbonyl (C=O) groups is 1. The van der Waals surface area contributed by atoms with Crippen molar-refractivity contribution in [3.63, 3.8) is 0 Å². The molecule has 0 N–H and O–H groups in total. The van der Waals surface area contributed by atoms with Gasteiger partial charge in [0.25, 0.3) is 5.91 Å². The number of amides is 1. The number of ether oxygens (including phenoxy) is 1. The van der Waals surface area contributed by atoms with Crippen LogP contribution in [0.25, 0.3) is 11.3 Å². The Morgan fingerprint density at radius 3 is 2.72 bits per heavy atom. The van der Waals surface area contributed by atoms with E-state index in [1.807, 2.05) is 18.2 Å². The number of carbonyl (C=O) groups excluding carboxylic acids is 1. The monoisotopic (exact) mass is 395 g/mol. The molecule has 6 nitrogen and oxygen atoms in total. The summed E-state index contributed by atoms with van der Waals surface area (Å²) in [6.45, 7) is 3.48. The van der Waals surface area contributed by atoms with E-state index in [2.05, 4.69) is 16.1 Å². The summed E-state index contributed by atoms with van der Waals surface area (Å²) in [5.41, 5.74) is 3.15. The second-order valence-corrected chi connectivity index (χ2v) is 6.98. The van der Waals surface area contributed by atoms with E-state index >= 15 is 0 Å². The van der Waals surface area contributed by atoms with Crippen molar-refractivity contribution in [3.05, 3.63) is 71.7 Å². The molecule has 1 saturated heterocycles. The Morgan fingerprint density at radius 1 is 1.14 bits per heavy atom. The van der Waals surface area contributed by atoms with Crippen molar-refractivity contribution in [1.82, 2.24) is 10.1 Å². The molecule has 2 aromatic carbocycles. The first-order chi connectivity index (χ1) is 14.1. The molecule has 0 saturated carbocycles. The van der Waals surface area contributed by atoms with Gasteiger partial charge in [-0.2, -0.15) is 0 Å². The lowest BCUT2D eigenvalue weighted by atomic mass is 10.1. The van der Waals surface area contributed by atoms with Crippen LogP contribution in [-0.4, -0.2) is 49.3 Å². The third-order valence-corrected chi connectivity index (χ3v) is 4.94. The van der Waals surface area contributed by atoms with Gasteiger partial charge in [-0.3, -0.25) is 4.79 Å². The molecule has 0 aliphatic carbocycles. The zero-order valence-corrected chi connectivity index (χ0v) is 16.2. The highest BCUT2D eigenvalue weighted by Gasteiger charge is 2.21. The highest BCUT2D eigenvalue weighted by Crippen LogP contribution is 2.24. The quantitative estimate of drug-likeness (QED) is 0.661. The largest absolute Gasteiger partial charge is 0.378 e. The highest BCUT2D eigenvalue weighted by atomic mass is 19.1. The maximum Gasteiger partial charge on any atom is 0.292 e. The molecule has 29 heavy (non-hydrogen) atoms. The minimum atomic E-state index is -0.366. The zero-order chi connectivity index (χ0) is 20.2. The number of anilines is 1. The van der Waals surface area contributed by atoms with Crippen LogP contribution in [0.3, 0.4) is 0 Å². The number of hydrogen-bond acceptors (Lipinski definition) is 5. The second kappa shape index (κ2) is 8.45. The first-order valence-electron chi connectivity index (χ1n) is 9.50. The lowest BCUT2D eigenvalue weighted by Crippen LogP contribution is -2.37. The molecule has 2 heterocycles. The number of benzene rings is 2. The van der Waals surface area contributed by atoms with Crippen LogP contribution >= 0.6 is 0 Å². The third kappa shape index (κ3) is 4.30. The SMILES string of the molecule is CN(Cc1ccccc1N1CCOCC1)C(=O)c1cc(-c2cccc(F)c2)no1. The second-order valence-electron chi connectivity index (χ2n) is 6.98. The maximum atomic E-state index is 13.4. The average Bonchev–Trinajstić information content (AvgIpc) is 3.24. The van der Waals surface area contributed by atoms with Crippen LogP contribution in [-0.2, 0) is 11.3 Å². The minimum absolute atomic E-state index is 0.121. The standard InChI is InChI=1S/C22H22FN3O3/c1-25(15-17-5-2-3-8-20(17)26-9-11-28-12-10-26)22(27)21-14-19(24-29-21)16-6-4-7-18(23)13-16/h2-8,13-14H,9-12,15H2,1H3. The van der Waals surface area contributed by atoms with Crippen molar-refractivity contribution in [1.29, 1.82) is 0 Å². The minimum Gasteiger partial charge on any atom is -0.378 e. The van der Waals surface area contributed by atoms with Gasteiger partial charge in [0, 0.05) is 44.0 Å². The lowest BCUT2D eigenvalue weighted by Gasteiger charge is -2.31. The highest BCUT2D eigenvalue weighted by molar-refractivity contribution is 5.92. The van der Waals surface area contributed by atoms with Crippen LogP contribution < -0.4 is 4.90 Å². The molecule has 1 amide bonds. The summed E-state index contributed by atoms with van der Waals surface area (Å²) in [6.07, 6.45) is 0. The van der Waals surface area contributed by atoms with Gasteiger partial charge in [0.2, 0.25) is 5.76 Å². The Kier molecular flexibility index (Phi) is 5.57. The van der Waals surface area contributed by atoms with Crippen LogP contribution in [0.1, 0.15) is 16.1 Å². The maximum absolute atomic E-state index is 13.4. The fourth-order valence-electron chi connectivity index (χ4n) is 3.43. The van der Waals surface area contributed by atoms with Crippen molar-refractivity contribution >= 4 is 11.6 Å². The number of hydrogen-bond donors (Lipinski definition) is 0. The Morgan fingerprint density at radius 2 is 1.93 bits per heavy atom.